The first-order valence-electron chi connectivity index (χ1n) is 6.07. The average Bonchev–Trinajstić information content (AvgIpc) is 2.43. The van der Waals surface area contributed by atoms with Crippen molar-refractivity contribution in [3.05, 3.63) is 57.5 Å². The number of halogens is 2. The van der Waals surface area contributed by atoms with Crippen molar-refractivity contribution in [1.82, 2.24) is 4.98 Å². The van der Waals surface area contributed by atoms with E-state index in [0.717, 1.165) is 5.56 Å². The molecule has 3 nitrogen and oxygen atoms in total. The number of aryl methyl sites for hydroxylation is 2. The summed E-state index contributed by atoms with van der Waals surface area (Å²) >= 11 is 6.06. The van der Waals surface area contributed by atoms with E-state index in [4.69, 9.17) is 16.9 Å². The normalized spacial score (nSPS) is 10.2. The van der Waals surface area contributed by atoms with E-state index in [1.54, 1.807) is 32.0 Å². The Bertz CT molecular complexity index is 669. The van der Waals surface area contributed by atoms with Gasteiger partial charge in [-0.2, -0.15) is 5.26 Å². The lowest BCUT2D eigenvalue weighted by Crippen LogP contribution is -2.04. The van der Waals surface area contributed by atoms with Crippen LogP contribution in [0.3, 0.4) is 0 Å². The average molecular weight is 290 g/mol. The lowest BCUT2D eigenvalue weighted by molar-refractivity contribution is 0.608. The molecule has 0 bridgehead atoms. The van der Waals surface area contributed by atoms with Crippen LogP contribution in [0.25, 0.3) is 0 Å². The maximum absolute atomic E-state index is 13.5. The van der Waals surface area contributed by atoms with E-state index in [-0.39, 0.29) is 5.82 Å². The van der Waals surface area contributed by atoms with Gasteiger partial charge < -0.3 is 5.32 Å². The van der Waals surface area contributed by atoms with Crippen molar-refractivity contribution in [2.24, 2.45) is 0 Å². The first kappa shape index (κ1) is 14.3. The molecule has 0 radical (unpaired) electrons. The zero-order valence-corrected chi connectivity index (χ0v) is 11.9. The summed E-state index contributed by atoms with van der Waals surface area (Å²) in [5, 5.41) is 12.3. The predicted molar refractivity (Wildman–Crippen MR) is 77.2 cm³/mol. The Morgan fingerprint density at radius 3 is 2.60 bits per heavy atom. The van der Waals surface area contributed by atoms with Gasteiger partial charge in [0.15, 0.2) is 0 Å². The van der Waals surface area contributed by atoms with Gasteiger partial charge in [0, 0.05) is 12.7 Å². The van der Waals surface area contributed by atoms with Crippen molar-refractivity contribution in [1.29, 1.82) is 5.26 Å². The van der Waals surface area contributed by atoms with E-state index >= 15 is 0 Å². The highest BCUT2D eigenvalue weighted by Gasteiger charge is 2.08. The summed E-state index contributed by atoms with van der Waals surface area (Å²) in [6, 6.07) is 7.10. The molecule has 0 fully saturated rings. The molecule has 2 aromatic rings. The SMILES string of the molecule is Cc1cc(CNc2nccc(C#N)c2Cl)cc(C)c1F. The van der Waals surface area contributed by atoms with Gasteiger partial charge in [-0.05, 0) is 36.6 Å². The Kier molecular flexibility index (Phi) is 4.21. The number of nitriles is 1. The number of pyridine rings is 1. The fourth-order valence-electron chi connectivity index (χ4n) is 1.98. The van der Waals surface area contributed by atoms with Crippen LogP contribution in [0.4, 0.5) is 10.2 Å². The van der Waals surface area contributed by atoms with Crippen molar-refractivity contribution < 1.29 is 4.39 Å². The number of nitrogens with one attached hydrogen (secondary N) is 1. The molecule has 5 heteroatoms. The van der Waals surface area contributed by atoms with Gasteiger partial charge in [-0.15, -0.1) is 0 Å². The number of aromatic nitrogens is 1. The Morgan fingerprint density at radius 1 is 1.35 bits per heavy atom. The third-order valence-corrected chi connectivity index (χ3v) is 3.35. The molecule has 0 saturated carbocycles. The van der Waals surface area contributed by atoms with Gasteiger partial charge in [-0.3, -0.25) is 0 Å². The Hall–Kier alpha value is -2.12. The molecule has 0 unspecified atom stereocenters. The van der Waals surface area contributed by atoms with Gasteiger partial charge in [-0.25, -0.2) is 9.37 Å². The molecule has 102 valence electrons. The van der Waals surface area contributed by atoms with E-state index < -0.39 is 0 Å². The van der Waals surface area contributed by atoms with Crippen LogP contribution >= 0.6 is 11.6 Å². The van der Waals surface area contributed by atoms with Crippen molar-refractivity contribution in [3.8, 4) is 6.07 Å². The molecule has 0 spiro atoms. The summed E-state index contributed by atoms with van der Waals surface area (Å²) < 4.78 is 13.5. The van der Waals surface area contributed by atoms with Crippen LogP contribution in [0.1, 0.15) is 22.3 Å². The monoisotopic (exact) mass is 289 g/mol. The van der Waals surface area contributed by atoms with Crippen LogP contribution in [0.5, 0.6) is 0 Å². The van der Waals surface area contributed by atoms with E-state index in [0.29, 0.717) is 34.1 Å². The van der Waals surface area contributed by atoms with E-state index in [1.165, 1.54) is 6.20 Å². The minimum absolute atomic E-state index is 0.184. The fraction of sp³-hybridized carbons (Fsp3) is 0.200. The van der Waals surface area contributed by atoms with Gasteiger partial charge >= 0.3 is 0 Å². The molecule has 20 heavy (non-hydrogen) atoms. The first-order chi connectivity index (χ1) is 9.52. The van der Waals surface area contributed by atoms with Crippen molar-refractivity contribution in [2.75, 3.05) is 5.32 Å². The second kappa shape index (κ2) is 5.89. The van der Waals surface area contributed by atoms with Crippen LogP contribution in [0.15, 0.2) is 24.4 Å². The number of nitrogens with zero attached hydrogens (tertiary/aromatic N) is 2. The van der Waals surface area contributed by atoms with Gasteiger partial charge in [-0.1, -0.05) is 23.7 Å². The molecule has 1 aromatic heterocycles. The molecule has 1 aromatic carbocycles. The smallest absolute Gasteiger partial charge is 0.146 e. The van der Waals surface area contributed by atoms with E-state index in [2.05, 4.69) is 10.3 Å². The van der Waals surface area contributed by atoms with Gasteiger partial charge in [0.2, 0.25) is 0 Å². The molecule has 0 aliphatic heterocycles. The summed E-state index contributed by atoms with van der Waals surface area (Å²) in [5.74, 6) is 0.265. The highest BCUT2D eigenvalue weighted by molar-refractivity contribution is 6.34. The largest absolute Gasteiger partial charge is 0.365 e. The number of anilines is 1. The summed E-state index contributed by atoms with van der Waals surface area (Å²) in [4.78, 5) is 4.10. The van der Waals surface area contributed by atoms with Crippen molar-refractivity contribution in [3.63, 3.8) is 0 Å². The van der Waals surface area contributed by atoms with Gasteiger partial charge in [0.25, 0.3) is 0 Å². The summed E-state index contributed by atoms with van der Waals surface area (Å²) in [6.07, 6.45) is 1.52. The first-order valence-corrected chi connectivity index (χ1v) is 6.45. The zero-order valence-electron chi connectivity index (χ0n) is 11.2. The van der Waals surface area contributed by atoms with E-state index in [1.807, 2.05) is 6.07 Å². The van der Waals surface area contributed by atoms with Gasteiger partial charge in [0.1, 0.15) is 22.7 Å². The molecule has 1 N–H and O–H groups in total. The van der Waals surface area contributed by atoms with Crippen LogP contribution < -0.4 is 5.32 Å². The number of hydrogen-bond donors (Lipinski definition) is 1. The molecule has 0 atom stereocenters. The van der Waals surface area contributed by atoms with Crippen molar-refractivity contribution >= 4 is 17.4 Å². The fourth-order valence-corrected chi connectivity index (χ4v) is 2.20. The minimum Gasteiger partial charge on any atom is -0.365 e. The molecule has 0 aliphatic rings. The minimum atomic E-state index is -0.184. The number of benzene rings is 1. The lowest BCUT2D eigenvalue weighted by Gasteiger charge is -2.10. The molecule has 1 heterocycles. The van der Waals surface area contributed by atoms with E-state index in [9.17, 15) is 4.39 Å². The van der Waals surface area contributed by atoms with Gasteiger partial charge in [0.05, 0.1) is 5.56 Å². The zero-order chi connectivity index (χ0) is 14.7. The topological polar surface area (TPSA) is 48.7 Å². The molecular weight excluding hydrogens is 277 g/mol. The molecule has 0 aliphatic carbocycles. The van der Waals surface area contributed by atoms with Crippen molar-refractivity contribution in [2.45, 2.75) is 20.4 Å². The second-order valence-corrected chi connectivity index (χ2v) is 4.91. The summed E-state index contributed by atoms with van der Waals surface area (Å²) in [7, 11) is 0. The Balaban J connectivity index is 2.20. The summed E-state index contributed by atoms with van der Waals surface area (Å²) in [5.41, 5.74) is 2.51. The van der Waals surface area contributed by atoms with Crippen LogP contribution in [-0.2, 0) is 6.54 Å². The molecule has 0 amide bonds. The van der Waals surface area contributed by atoms with Crippen LogP contribution in [0, 0.1) is 31.0 Å². The Morgan fingerprint density at radius 2 is 2.00 bits per heavy atom. The molecular formula is C15H13ClFN3. The standard InChI is InChI=1S/C15H13ClFN3/c1-9-5-11(6-10(2)14(9)17)8-20-15-13(16)12(7-18)3-4-19-15/h3-6H,8H2,1-2H3,(H,19,20). The van der Waals surface area contributed by atoms with Crippen LogP contribution in [0.2, 0.25) is 5.02 Å². The highest BCUT2D eigenvalue weighted by Crippen LogP contribution is 2.23. The van der Waals surface area contributed by atoms with Crippen LogP contribution in [-0.4, -0.2) is 4.98 Å². The molecule has 2 rings (SSSR count). The third-order valence-electron chi connectivity index (χ3n) is 2.97. The molecule has 0 saturated heterocycles. The Labute approximate surface area is 122 Å². The second-order valence-electron chi connectivity index (χ2n) is 4.53. The third kappa shape index (κ3) is 2.89. The summed E-state index contributed by atoms with van der Waals surface area (Å²) in [6.45, 7) is 3.92. The maximum atomic E-state index is 13.5. The highest BCUT2D eigenvalue weighted by atomic mass is 35.5. The quantitative estimate of drug-likeness (QED) is 0.930. The maximum Gasteiger partial charge on any atom is 0.146 e. The number of rotatable bonds is 3. The lowest BCUT2D eigenvalue weighted by atomic mass is 10.1. The predicted octanol–water partition coefficient (Wildman–Crippen LogP) is 3.97. The number of hydrogen-bond acceptors (Lipinski definition) is 3.